The number of carboxylic acid groups (broad SMARTS) is 1. The quantitative estimate of drug-likeness (QED) is 0.293. The average molecular weight is 648 g/mol. The van der Waals surface area contributed by atoms with Crippen LogP contribution < -0.4 is 14.9 Å². The summed E-state index contributed by atoms with van der Waals surface area (Å²) < 4.78 is 59.8. The number of anilines is 2. The molecule has 15 heteroatoms. The Bertz CT molecular complexity index is 1690. The van der Waals surface area contributed by atoms with Crippen molar-refractivity contribution in [2.45, 2.75) is 55.9 Å². The molecule has 3 rings (SSSR count). The lowest BCUT2D eigenvalue weighted by atomic mass is 10.0. The molecule has 1 aromatic carbocycles. The molecular weight excluding hydrogens is 610 g/mol. The molecule has 0 aliphatic heterocycles. The highest BCUT2D eigenvalue weighted by Gasteiger charge is 2.45. The van der Waals surface area contributed by atoms with Crippen LogP contribution in [0, 0.1) is 0 Å². The van der Waals surface area contributed by atoms with E-state index in [1.165, 1.54) is 43.6 Å². The second-order valence-corrected chi connectivity index (χ2v) is 15.4. The normalized spacial score (nSPS) is 13.5. The molecule has 238 valence electrons. The van der Waals surface area contributed by atoms with Crippen molar-refractivity contribution in [2.24, 2.45) is 5.73 Å². The number of carbonyl (C=O) groups excluding carboxylic acids is 1. The van der Waals surface area contributed by atoms with E-state index in [4.69, 9.17) is 10.5 Å². The number of rotatable bonds is 12. The predicted molar refractivity (Wildman–Crippen MR) is 165 cm³/mol. The number of amides is 1. The van der Waals surface area contributed by atoms with Gasteiger partial charge in [-0.05, 0) is 69.2 Å². The number of sulfone groups is 1. The standard InChI is InChI=1S/C29H37N5O8S2/c1-6-17-43(38,39)33(5)22-14-12-21(13-15-22)18-29(30,44(40,41)23-9-8-16-31-19-23)24-10-7-11-25(32-24)34(20-26(35)36)27(37)42-28(2,3)4/h7-16,19H,6,17-18,20,30H2,1-5H3,(H,35,36). The summed E-state index contributed by atoms with van der Waals surface area (Å²) in [4.78, 5) is 31.3. The van der Waals surface area contributed by atoms with Crippen molar-refractivity contribution in [1.29, 1.82) is 0 Å². The first kappa shape index (κ1) is 34.4. The van der Waals surface area contributed by atoms with Crippen LogP contribution in [0.25, 0.3) is 0 Å². The Hall–Kier alpha value is -4.08. The minimum absolute atomic E-state index is 0.0370. The second-order valence-electron chi connectivity index (χ2n) is 11.0. The third-order valence-electron chi connectivity index (χ3n) is 6.42. The first-order valence-corrected chi connectivity index (χ1v) is 16.7. The van der Waals surface area contributed by atoms with Gasteiger partial charge in [-0.15, -0.1) is 0 Å². The van der Waals surface area contributed by atoms with Crippen molar-refractivity contribution < 1.29 is 36.3 Å². The van der Waals surface area contributed by atoms with E-state index < -0.39 is 48.9 Å². The molecule has 2 aromatic heterocycles. The van der Waals surface area contributed by atoms with Crippen LogP contribution >= 0.6 is 0 Å². The smallest absolute Gasteiger partial charge is 0.416 e. The van der Waals surface area contributed by atoms with Gasteiger partial charge in [0, 0.05) is 25.9 Å². The van der Waals surface area contributed by atoms with Gasteiger partial charge in [-0.25, -0.2) is 26.6 Å². The van der Waals surface area contributed by atoms with Gasteiger partial charge in [0.15, 0.2) is 4.87 Å². The first-order valence-electron chi connectivity index (χ1n) is 13.6. The van der Waals surface area contributed by atoms with E-state index in [2.05, 4.69) is 9.97 Å². The number of nitrogens with zero attached hydrogens (tertiary/aromatic N) is 4. The number of sulfonamides is 1. The fourth-order valence-electron chi connectivity index (χ4n) is 4.22. The lowest BCUT2D eigenvalue weighted by molar-refractivity contribution is -0.135. The van der Waals surface area contributed by atoms with Crippen molar-refractivity contribution in [1.82, 2.24) is 9.97 Å². The fourth-order valence-corrected chi connectivity index (χ4v) is 7.08. The van der Waals surface area contributed by atoms with E-state index in [0.717, 1.165) is 15.4 Å². The topological polar surface area (TPSA) is 190 Å². The highest BCUT2D eigenvalue weighted by Crippen LogP contribution is 2.35. The van der Waals surface area contributed by atoms with Gasteiger partial charge >= 0.3 is 12.1 Å². The highest BCUT2D eigenvalue weighted by atomic mass is 32.2. The molecule has 0 radical (unpaired) electrons. The number of hydrogen-bond acceptors (Lipinski definition) is 10. The molecule has 0 bridgehead atoms. The summed E-state index contributed by atoms with van der Waals surface area (Å²) in [6, 6.07) is 13.1. The first-order chi connectivity index (χ1) is 20.4. The van der Waals surface area contributed by atoms with Gasteiger partial charge in [0.2, 0.25) is 19.9 Å². The van der Waals surface area contributed by atoms with E-state index in [1.54, 1.807) is 52.0 Å². The Morgan fingerprint density at radius 2 is 1.66 bits per heavy atom. The predicted octanol–water partition coefficient (Wildman–Crippen LogP) is 3.31. The van der Waals surface area contributed by atoms with Gasteiger partial charge in [0.25, 0.3) is 0 Å². The molecule has 0 spiro atoms. The zero-order valence-corrected chi connectivity index (χ0v) is 26.8. The summed E-state index contributed by atoms with van der Waals surface area (Å²) in [6.45, 7) is 5.79. The number of hydrogen-bond donors (Lipinski definition) is 2. The van der Waals surface area contributed by atoms with Gasteiger partial charge in [0.05, 0.1) is 22.0 Å². The minimum Gasteiger partial charge on any atom is -0.480 e. The Balaban J connectivity index is 2.14. The number of aliphatic carboxylic acids is 1. The third kappa shape index (κ3) is 7.89. The van der Waals surface area contributed by atoms with Crippen LogP contribution in [-0.4, -0.2) is 68.9 Å². The van der Waals surface area contributed by atoms with Crippen LogP contribution in [-0.2, 0) is 40.7 Å². The summed E-state index contributed by atoms with van der Waals surface area (Å²) in [5.74, 6) is -1.57. The van der Waals surface area contributed by atoms with Gasteiger partial charge in [0.1, 0.15) is 18.0 Å². The Labute approximate surface area is 257 Å². The molecule has 13 nitrogen and oxygen atoms in total. The molecule has 1 atom stereocenters. The van der Waals surface area contributed by atoms with Crippen molar-refractivity contribution >= 4 is 43.4 Å². The van der Waals surface area contributed by atoms with E-state index in [9.17, 15) is 31.5 Å². The maximum atomic E-state index is 14.1. The number of carbonyl (C=O) groups is 2. The molecule has 0 aliphatic carbocycles. The molecule has 3 N–H and O–H groups in total. The van der Waals surface area contributed by atoms with Crippen LogP contribution in [0.15, 0.2) is 71.9 Å². The minimum atomic E-state index is -4.43. The number of nitrogens with two attached hydrogens (primary N) is 1. The monoisotopic (exact) mass is 647 g/mol. The molecule has 44 heavy (non-hydrogen) atoms. The van der Waals surface area contributed by atoms with E-state index in [0.29, 0.717) is 17.7 Å². The molecule has 0 saturated carbocycles. The third-order valence-corrected chi connectivity index (χ3v) is 10.6. The Morgan fingerprint density at radius 1 is 1.00 bits per heavy atom. The fraction of sp³-hybridized carbons (Fsp3) is 0.379. The maximum Gasteiger partial charge on any atom is 0.416 e. The number of ether oxygens (including phenoxy) is 1. The average Bonchev–Trinajstić information content (AvgIpc) is 2.95. The molecule has 0 saturated heterocycles. The molecule has 0 aliphatic rings. The zero-order chi connectivity index (χ0) is 32.9. The molecule has 0 fully saturated rings. The molecule has 1 amide bonds. The van der Waals surface area contributed by atoms with Crippen molar-refractivity contribution in [3.63, 3.8) is 0 Å². The lowest BCUT2D eigenvalue weighted by Crippen LogP contribution is -2.48. The van der Waals surface area contributed by atoms with E-state index in [-0.39, 0.29) is 28.6 Å². The van der Waals surface area contributed by atoms with Crippen LogP contribution in [0.2, 0.25) is 0 Å². The SMILES string of the molecule is CCCS(=O)(=O)N(C)c1ccc(CC(N)(c2cccc(N(CC(=O)O)C(=O)OC(C)(C)C)n2)S(=O)(=O)c2cccnc2)cc1. The summed E-state index contributed by atoms with van der Waals surface area (Å²) in [5.41, 5.74) is 6.46. The van der Waals surface area contributed by atoms with Gasteiger partial charge in [-0.2, -0.15) is 0 Å². The molecular formula is C29H37N5O8S2. The van der Waals surface area contributed by atoms with E-state index in [1.807, 2.05) is 0 Å². The van der Waals surface area contributed by atoms with Crippen LogP contribution in [0.5, 0.6) is 0 Å². The number of pyridine rings is 2. The van der Waals surface area contributed by atoms with E-state index >= 15 is 0 Å². The lowest BCUT2D eigenvalue weighted by Gasteiger charge is -2.31. The summed E-state index contributed by atoms with van der Waals surface area (Å²) in [7, 11) is -6.54. The zero-order valence-electron chi connectivity index (χ0n) is 25.2. The molecule has 2 heterocycles. The molecule has 1 unspecified atom stereocenters. The second kappa shape index (κ2) is 13.3. The van der Waals surface area contributed by atoms with Crippen molar-refractivity contribution in [3.05, 3.63) is 78.2 Å². The number of carboxylic acids is 1. The van der Waals surface area contributed by atoms with Gasteiger partial charge in [-0.1, -0.05) is 25.1 Å². The van der Waals surface area contributed by atoms with Crippen LogP contribution in [0.1, 0.15) is 45.4 Å². The largest absolute Gasteiger partial charge is 0.480 e. The summed E-state index contributed by atoms with van der Waals surface area (Å²) >= 11 is 0. The Morgan fingerprint density at radius 3 is 2.20 bits per heavy atom. The highest BCUT2D eigenvalue weighted by molar-refractivity contribution is 7.92. The van der Waals surface area contributed by atoms with Gasteiger partial charge in [-0.3, -0.25) is 19.0 Å². The van der Waals surface area contributed by atoms with Crippen molar-refractivity contribution in [2.75, 3.05) is 28.6 Å². The molecule has 3 aromatic rings. The number of benzene rings is 1. The van der Waals surface area contributed by atoms with Gasteiger partial charge < -0.3 is 15.6 Å². The van der Waals surface area contributed by atoms with Crippen molar-refractivity contribution in [3.8, 4) is 0 Å². The number of aromatic nitrogens is 2. The Kier molecular flexibility index (Phi) is 10.4. The summed E-state index contributed by atoms with van der Waals surface area (Å²) in [5, 5.41) is 9.49. The summed E-state index contributed by atoms with van der Waals surface area (Å²) in [6.07, 6.45) is 1.67. The van der Waals surface area contributed by atoms with Crippen LogP contribution in [0.4, 0.5) is 16.3 Å². The maximum absolute atomic E-state index is 14.1. The van der Waals surface area contributed by atoms with Crippen LogP contribution in [0.3, 0.4) is 0 Å².